The molecule has 2 aromatic rings. The van der Waals surface area contributed by atoms with Gasteiger partial charge in [0, 0.05) is 0 Å². The summed E-state index contributed by atoms with van der Waals surface area (Å²) < 4.78 is 49.0. The molecule has 0 fully saturated rings. The molecule has 7 nitrogen and oxygen atoms in total. The molecule has 0 spiro atoms. The Bertz CT molecular complexity index is 964. The summed E-state index contributed by atoms with van der Waals surface area (Å²) in [5, 5.41) is 4.65. The van der Waals surface area contributed by atoms with Gasteiger partial charge in [-0.1, -0.05) is 0 Å². The van der Waals surface area contributed by atoms with Crippen LogP contribution in [0, 0.1) is 0 Å². The minimum atomic E-state index is -4.66. The van der Waals surface area contributed by atoms with Crippen LogP contribution in [0.3, 0.4) is 0 Å². The maximum Gasteiger partial charge on any atom is 0.416 e. The Labute approximate surface area is 174 Å². The van der Waals surface area contributed by atoms with E-state index in [1.54, 1.807) is 20.8 Å². The SMILES string of the molecule is COC(=O)c1ccc(C(=O)Nc2cc(C(F)(F)F)ccc2NC(=O)OC(C)(C)C)s1. The molecule has 0 radical (unpaired) electrons. The number of methoxy groups -OCH3 is 1. The van der Waals surface area contributed by atoms with Crippen molar-refractivity contribution in [1.29, 1.82) is 0 Å². The number of amides is 2. The van der Waals surface area contributed by atoms with E-state index in [4.69, 9.17) is 4.74 Å². The molecule has 2 rings (SSSR count). The van der Waals surface area contributed by atoms with Crippen LogP contribution in [0.25, 0.3) is 0 Å². The molecule has 1 heterocycles. The topological polar surface area (TPSA) is 93.7 Å². The number of hydrogen-bond acceptors (Lipinski definition) is 6. The fourth-order valence-electron chi connectivity index (χ4n) is 2.20. The van der Waals surface area contributed by atoms with Crippen molar-refractivity contribution in [3.63, 3.8) is 0 Å². The number of halogens is 3. The predicted molar refractivity (Wildman–Crippen MR) is 105 cm³/mol. The van der Waals surface area contributed by atoms with Gasteiger partial charge in [0.1, 0.15) is 10.5 Å². The first-order chi connectivity index (χ1) is 13.8. The number of esters is 1. The summed E-state index contributed by atoms with van der Waals surface area (Å²) in [6.45, 7) is 4.87. The molecule has 0 aliphatic heterocycles. The second-order valence-corrected chi connectivity index (χ2v) is 8.08. The Morgan fingerprint density at radius 3 is 2.13 bits per heavy atom. The Morgan fingerprint density at radius 2 is 1.57 bits per heavy atom. The number of nitrogens with one attached hydrogen (secondary N) is 2. The zero-order valence-electron chi connectivity index (χ0n) is 16.5. The van der Waals surface area contributed by atoms with Gasteiger partial charge in [0.05, 0.1) is 28.9 Å². The predicted octanol–water partition coefficient (Wildman–Crippen LogP) is 5.15. The third kappa shape index (κ3) is 6.21. The van der Waals surface area contributed by atoms with Crippen LogP contribution in [0.15, 0.2) is 30.3 Å². The summed E-state index contributed by atoms with van der Waals surface area (Å²) in [6, 6.07) is 5.16. The van der Waals surface area contributed by atoms with Gasteiger partial charge in [-0.3, -0.25) is 10.1 Å². The van der Waals surface area contributed by atoms with Crippen LogP contribution in [-0.2, 0) is 15.7 Å². The van der Waals surface area contributed by atoms with Crippen LogP contribution < -0.4 is 10.6 Å². The summed E-state index contributed by atoms with van der Waals surface area (Å²) in [4.78, 5) is 36.2. The monoisotopic (exact) mass is 444 g/mol. The van der Waals surface area contributed by atoms with Crippen LogP contribution >= 0.6 is 11.3 Å². The van der Waals surface area contributed by atoms with Crippen LogP contribution in [0.4, 0.5) is 29.3 Å². The first-order valence-corrected chi connectivity index (χ1v) is 9.32. The first kappa shape index (κ1) is 23.2. The number of rotatable bonds is 4. The molecule has 0 atom stereocenters. The molecule has 162 valence electrons. The standard InChI is InChI=1S/C19H19F3N2O5S/c1-18(2,3)29-17(27)24-11-6-5-10(19(20,21)22)9-12(11)23-15(25)13-7-8-14(30-13)16(26)28-4/h5-9H,1-4H3,(H,23,25)(H,24,27). The number of benzene rings is 1. The van der Waals surface area contributed by atoms with Gasteiger partial charge in [-0.2, -0.15) is 13.2 Å². The van der Waals surface area contributed by atoms with E-state index in [0.717, 1.165) is 23.5 Å². The molecule has 2 amide bonds. The number of hydrogen-bond donors (Lipinski definition) is 2. The van der Waals surface area contributed by atoms with Gasteiger partial charge < -0.3 is 14.8 Å². The van der Waals surface area contributed by atoms with Gasteiger partial charge in [-0.15, -0.1) is 11.3 Å². The number of carbonyl (C=O) groups is 3. The number of anilines is 2. The molecular weight excluding hydrogens is 425 g/mol. The highest BCUT2D eigenvalue weighted by Gasteiger charge is 2.31. The minimum Gasteiger partial charge on any atom is -0.465 e. The first-order valence-electron chi connectivity index (χ1n) is 8.51. The van der Waals surface area contributed by atoms with Crippen LogP contribution in [0.2, 0.25) is 0 Å². The average molecular weight is 444 g/mol. The van der Waals surface area contributed by atoms with Crippen LogP contribution in [0.1, 0.15) is 45.7 Å². The van der Waals surface area contributed by atoms with Crippen molar-refractivity contribution in [2.45, 2.75) is 32.5 Å². The Hall–Kier alpha value is -3.08. The molecular formula is C19H19F3N2O5S. The molecule has 0 bridgehead atoms. The molecule has 0 saturated carbocycles. The zero-order valence-corrected chi connectivity index (χ0v) is 17.3. The van der Waals surface area contributed by atoms with E-state index in [2.05, 4.69) is 15.4 Å². The van der Waals surface area contributed by atoms with Crippen molar-refractivity contribution in [2.24, 2.45) is 0 Å². The molecule has 1 aromatic carbocycles. The van der Waals surface area contributed by atoms with Crippen molar-refractivity contribution in [3.8, 4) is 0 Å². The third-order valence-electron chi connectivity index (χ3n) is 3.45. The molecule has 1 aromatic heterocycles. The van der Waals surface area contributed by atoms with Gasteiger partial charge in [-0.25, -0.2) is 9.59 Å². The maximum atomic E-state index is 13.1. The van der Waals surface area contributed by atoms with Gasteiger partial charge >= 0.3 is 18.2 Å². The van der Waals surface area contributed by atoms with Crippen LogP contribution in [-0.4, -0.2) is 30.7 Å². The Kier molecular flexibility index (Phi) is 6.76. The lowest BCUT2D eigenvalue weighted by Crippen LogP contribution is -2.27. The minimum absolute atomic E-state index is 0.0658. The molecule has 30 heavy (non-hydrogen) atoms. The molecule has 0 aliphatic rings. The van der Waals surface area contributed by atoms with Gasteiger partial charge in [0.2, 0.25) is 0 Å². The lowest BCUT2D eigenvalue weighted by atomic mass is 10.1. The highest BCUT2D eigenvalue weighted by atomic mass is 32.1. The normalized spacial score (nSPS) is 11.6. The zero-order chi connectivity index (χ0) is 22.7. The number of ether oxygens (including phenoxy) is 2. The fraction of sp³-hybridized carbons (Fsp3) is 0.316. The van der Waals surface area contributed by atoms with Gasteiger partial charge in [0.15, 0.2) is 0 Å². The quantitative estimate of drug-likeness (QED) is 0.636. The molecule has 0 unspecified atom stereocenters. The Morgan fingerprint density at radius 1 is 0.933 bits per heavy atom. The van der Waals surface area contributed by atoms with E-state index in [1.165, 1.54) is 19.2 Å². The van der Waals surface area contributed by atoms with Gasteiger partial charge in [-0.05, 0) is 51.1 Å². The number of thiophene rings is 1. The van der Waals surface area contributed by atoms with E-state index >= 15 is 0 Å². The highest BCUT2D eigenvalue weighted by molar-refractivity contribution is 7.16. The highest BCUT2D eigenvalue weighted by Crippen LogP contribution is 2.34. The van der Waals surface area contributed by atoms with Crippen molar-refractivity contribution in [3.05, 3.63) is 45.6 Å². The van der Waals surface area contributed by atoms with E-state index in [1.807, 2.05) is 0 Å². The lowest BCUT2D eigenvalue weighted by molar-refractivity contribution is -0.137. The smallest absolute Gasteiger partial charge is 0.416 e. The van der Waals surface area contributed by atoms with Gasteiger partial charge in [0.25, 0.3) is 5.91 Å². The third-order valence-corrected chi connectivity index (χ3v) is 4.51. The second-order valence-electron chi connectivity index (χ2n) is 6.99. The maximum absolute atomic E-state index is 13.1. The molecule has 0 saturated heterocycles. The average Bonchev–Trinajstić information content (AvgIpc) is 3.10. The molecule has 11 heteroatoms. The second kappa shape index (κ2) is 8.74. The molecule has 0 aliphatic carbocycles. The van der Waals surface area contributed by atoms with Crippen molar-refractivity contribution >= 4 is 40.7 Å². The van der Waals surface area contributed by atoms with E-state index < -0.39 is 35.3 Å². The summed E-state index contributed by atoms with van der Waals surface area (Å²) in [7, 11) is 1.18. The largest absolute Gasteiger partial charge is 0.465 e. The summed E-state index contributed by atoms with van der Waals surface area (Å²) >= 11 is 0.809. The van der Waals surface area contributed by atoms with E-state index in [0.29, 0.717) is 6.07 Å². The summed E-state index contributed by atoms with van der Waals surface area (Å²) in [5.41, 5.74) is -2.22. The van der Waals surface area contributed by atoms with Crippen LogP contribution in [0.5, 0.6) is 0 Å². The number of carbonyl (C=O) groups excluding carboxylic acids is 3. The van der Waals surface area contributed by atoms with Crippen molar-refractivity contribution < 1.29 is 37.0 Å². The fourth-order valence-corrected chi connectivity index (χ4v) is 3.02. The van der Waals surface area contributed by atoms with Crippen molar-refractivity contribution in [1.82, 2.24) is 0 Å². The van der Waals surface area contributed by atoms with Crippen molar-refractivity contribution in [2.75, 3.05) is 17.7 Å². The number of alkyl halides is 3. The summed E-state index contributed by atoms with van der Waals surface area (Å²) in [5.74, 6) is -1.41. The van der Waals surface area contributed by atoms with E-state index in [9.17, 15) is 27.6 Å². The Balaban J connectivity index is 2.32. The lowest BCUT2D eigenvalue weighted by Gasteiger charge is -2.21. The molecule has 2 N–H and O–H groups in total. The summed E-state index contributed by atoms with van der Waals surface area (Å²) in [6.07, 6.45) is -5.56. The van der Waals surface area contributed by atoms with E-state index in [-0.39, 0.29) is 21.1 Å².